The fraction of sp³-hybridized carbons (Fsp3) is 0.529. The second-order valence-electron chi connectivity index (χ2n) is 6.54. The molecule has 1 saturated heterocycles. The van der Waals surface area contributed by atoms with Gasteiger partial charge in [0.15, 0.2) is 5.69 Å². The Morgan fingerprint density at radius 3 is 2.70 bits per heavy atom. The molecule has 2 heterocycles. The summed E-state index contributed by atoms with van der Waals surface area (Å²) in [7, 11) is 0. The van der Waals surface area contributed by atoms with Crippen LogP contribution in [0, 0.1) is 5.92 Å². The van der Waals surface area contributed by atoms with Crippen molar-refractivity contribution in [3.05, 3.63) is 30.0 Å². The molecule has 0 bridgehead atoms. The Bertz CT molecular complexity index is 674. The average molecular weight is 335 g/mol. The number of aromatic nitrogens is 2. The lowest BCUT2D eigenvalue weighted by Crippen LogP contribution is -2.45. The first kappa shape index (κ1) is 16.3. The van der Waals surface area contributed by atoms with Crippen LogP contribution in [0.5, 0.6) is 0 Å². The normalized spacial score (nSPS) is 18.9. The van der Waals surface area contributed by atoms with E-state index in [0.29, 0.717) is 11.7 Å². The van der Waals surface area contributed by atoms with Gasteiger partial charge in [0.1, 0.15) is 0 Å². The van der Waals surface area contributed by atoms with Gasteiger partial charge in [-0.15, -0.1) is 12.4 Å². The molecule has 2 aliphatic rings. The number of halogens is 1. The molecule has 2 fully saturated rings. The largest absolute Gasteiger partial charge is 0.337 e. The van der Waals surface area contributed by atoms with Gasteiger partial charge < -0.3 is 10.2 Å². The van der Waals surface area contributed by atoms with Crippen LogP contribution < -0.4 is 5.32 Å². The van der Waals surface area contributed by atoms with Crippen LogP contribution in [0.25, 0.3) is 10.9 Å². The number of hydrogen-bond donors (Lipinski definition) is 2. The van der Waals surface area contributed by atoms with Gasteiger partial charge in [-0.05, 0) is 44.2 Å². The minimum Gasteiger partial charge on any atom is -0.337 e. The van der Waals surface area contributed by atoms with E-state index in [1.165, 1.54) is 12.8 Å². The van der Waals surface area contributed by atoms with Gasteiger partial charge in [0.25, 0.3) is 5.91 Å². The first-order valence-corrected chi connectivity index (χ1v) is 8.27. The lowest BCUT2D eigenvalue weighted by atomic mass is 10.0. The highest BCUT2D eigenvalue weighted by molar-refractivity contribution is 6.04. The van der Waals surface area contributed by atoms with Gasteiger partial charge >= 0.3 is 0 Å². The Balaban J connectivity index is 0.00000156. The minimum absolute atomic E-state index is 0. The van der Waals surface area contributed by atoms with E-state index >= 15 is 0 Å². The summed E-state index contributed by atoms with van der Waals surface area (Å²) in [6.45, 7) is 2.80. The van der Waals surface area contributed by atoms with Gasteiger partial charge in [-0.25, -0.2) is 0 Å². The van der Waals surface area contributed by atoms with Crippen LogP contribution >= 0.6 is 12.4 Å². The second kappa shape index (κ2) is 6.89. The zero-order valence-electron chi connectivity index (χ0n) is 13.1. The Morgan fingerprint density at radius 1 is 1.22 bits per heavy atom. The summed E-state index contributed by atoms with van der Waals surface area (Å²) in [5.74, 6) is 0.966. The maximum atomic E-state index is 12.7. The summed E-state index contributed by atoms with van der Waals surface area (Å²) in [5.41, 5.74) is 1.48. The van der Waals surface area contributed by atoms with Gasteiger partial charge in [-0.2, -0.15) is 5.10 Å². The number of piperidine rings is 1. The molecule has 2 N–H and O–H groups in total. The quantitative estimate of drug-likeness (QED) is 0.903. The molecule has 1 aliphatic heterocycles. The van der Waals surface area contributed by atoms with E-state index < -0.39 is 0 Å². The molecule has 0 unspecified atom stereocenters. The molecule has 2 aromatic rings. The van der Waals surface area contributed by atoms with Gasteiger partial charge in [0, 0.05) is 24.5 Å². The second-order valence-corrected chi connectivity index (χ2v) is 6.54. The van der Waals surface area contributed by atoms with Crippen LogP contribution in [0.15, 0.2) is 24.3 Å². The van der Waals surface area contributed by atoms with E-state index in [1.54, 1.807) is 0 Å². The van der Waals surface area contributed by atoms with E-state index in [9.17, 15) is 4.79 Å². The molecule has 23 heavy (non-hydrogen) atoms. The van der Waals surface area contributed by atoms with E-state index in [0.717, 1.165) is 49.3 Å². The monoisotopic (exact) mass is 334 g/mol. The Hall–Kier alpha value is -1.59. The molecule has 1 aromatic heterocycles. The molecular formula is C17H23ClN4O. The fourth-order valence-electron chi connectivity index (χ4n) is 3.22. The number of hydrogen-bond acceptors (Lipinski definition) is 3. The third-order valence-corrected chi connectivity index (χ3v) is 4.85. The van der Waals surface area contributed by atoms with E-state index in [1.807, 2.05) is 29.2 Å². The number of nitrogens with one attached hydrogen (secondary N) is 2. The topological polar surface area (TPSA) is 61.0 Å². The predicted molar refractivity (Wildman–Crippen MR) is 93.0 cm³/mol. The molecule has 0 spiro atoms. The molecule has 4 rings (SSSR count). The molecule has 1 saturated carbocycles. The Morgan fingerprint density at radius 2 is 1.96 bits per heavy atom. The summed E-state index contributed by atoms with van der Waals surface area (Å²) in [6.07, 6.45) is 4.86. The van der Waals surface area contributed by atoms with Gasteiger partial charge in [-0.1, -0.05) is 18.2 Å². The van der Waals surface area contributed by atoms with Crippen molar-refractivity contribution in [1.82, 2.24) is 20.4 Å². The predicted octanol–water partition coefficient (Wildman–Crippen LogP) is 2.59. The Kier molecular flexibility index (Phi) is 4.87. The summed E-state index contributed by atoms with van der Waals surface area (Å²) in [6, 6.07) is 8.37. The number of para-hydroxylation sites is 1. The van der Waals surface area contributed by atoms with Crippen molar-refractivity contribution in [2.45, 2.75) is 31.7 Å². The van der Waals surface area contributed by atoms with Crippen LogP contribution in [-0.4, -0.2) is 46.7 Å². The third kappa shape index (κ3) is 3.51. The molecule has 0 radical (unpaired) electrons. The summed E-state index contributed by atoms with van der Waals surface area (Å²) in [4.78, 5) is 14.6. The van der Waals surface area contributed by atoms with Gasteiger partial charge in [-0.3, -0.25) is 9.89 Å². The number of benzene rings is 1. The van der Waals surface area contributed by atoms with E-state index in [-0.39, 0.29) is 18.3 Å². The minimum atomic E-state index is 0. The number of nitrogens with zero attached hydrogens (tertiary/aromatic N) is 2. The van der Waals surface area contributed by atoms with Gasteiger partial charge in [0.05, 0.1) is 5.52 Å². The molecule has 5 nitrogen and oxygen atoms in total. The number of aromatic amines is 1. The number of rotatable bonds is 4. The number of H-pyrrole nitrogens is 1. The molecule has 0 atom stereocenters. The van der Waals surface area contributed by atoms with Crippen molar-refractivity contribution >= 4 is 29.2 Å². The number of carbonyl (C=O) groups is 1. The summed E-state index contributed by atoms with van der Waals surface area (Å²) in [5, 5.41) is 11.7. The molecular weight excluding hydrogens is 312 g/mol. The maximum Gasteiger partial charge on any atom is 0.274 e. The van der Waals surface area contributed by atoms with Crippen LogP contribution in [0.4, 0.5) is 0 Å². The smallest absolute Gasteiger partial charge is 0.274 e. The molecule has 124 valence electrons. The number of fused-ring (bicyclic) bond motifs is 1. The summed E-state index contributed by atoms with van der Waals surface area (Å²) < 4.78 is 0. The van der Waals surface area contributed by atoms with E-state index in [4.69, 9.17) is 0 Å². The lowest BCUT2D eigenvalue weighted by Gasteiger charge is -2.32. The SMILES string of the molecule is Cl.O=C(c1n[nH]c2ccccc12)N1CCC(NCC2CC2)CC1. The van der Waals surface area contributed by atoms with Crippen molar-refractivity contribution in [3.8, 4) is 0 Å². The fourth-order valence-corrected chi connectivity index (χ4v) is 3.22. The van der Waals surface area contributed by atoms with E-state index in [2.05, 4.69) is 15.5 Å². The number of amides is 1. The first-order chi connectivity index (χ1) is 10.8. The zero-order valence-corrected chi connectivity index (χ0v) is 13.9. The highest BCUT2D eigenvalue weighted by Crippen LogP contribution is 2.28. The standard InChI is InChI=1S/C17H22N4O.ClH/c22-17(16-14-3-1-2-4-15(14)19-20-16)21-9-7-13(8-10-21)18-11-12-5-6-12;/h1-4,12-13,18H,5-11H2,(H,19,20);1H. The van der Waals surface area contributed by atoms with Crippen molar-refractivity contribution in [3.63, 3.8) is 0 Å². The van der Waals surface area contributed by atoms with Gasteiger partial charge in [0.2, 0.25) is 0 Å². The molecule has 1 aliphatic carbocycles. The summed E-state index contributed by atoms with van der Waals surface area (Å²) >= 11 is 0. The highest BCUT2D eigenvalue weighted by atomic mass is 35.5. The Labute approximate surface area is 142 Å². The van der Waals surface area contributed by atoms with Crippen molar-refractivity contribution in [1.29, 1.82) is 0 Å². The van der Waals surface area contributed by atoms with Crippen molar-refractivity contribution < 1.29 is 4.79 Å². The number of carbonyl (C=O) groups excluding carboxylic acids is 1. The van der Waals surface area contributed by atoms with Crippen LogP contribution in [0.1, 0.15) is 36.2 Å². The zero-order chi connectivity index (χ0) is 14.9. The third-order valence-electron chi connectivity index (χ3n) is 4.85. The average Bonchev–Trinajstić information content (AvgIpc) is 3.30. The molecule has 1 aromatic carbocycles. The van der Waals surface area contributed by atoms with Crippen LogP contribution in [-0.2, 0) is 0 Å². The first-order valence-electron chi connectivity index (χ1n) is 8.27. The van der Waals surface area contributed by atoms with Crippen LogP contribution in [0.3, 0.4) is 0 Å². The van der Waals surface area contributed by atoms with Crippen molar-refractivity contribution in [2.75, 3.05) is 19.6 Å². The molecule has 1 amide bonds. The lowest BCUT2D eigenvalue weighted by molar-refractivity contribution is 0.0701. The maximum absolute atomic E-state index is 12.7. The van der Waals surface area contributed by atoms with Crippen molar-refractivity contribution in [2.24, 2.45) is 5.92 Å². The number of likely N-dealkylation sites (tertiary alicyclic amines) is 1. The van der Waals surface area contributed by atoms with Crippen LogP contribution in [0.2, 0.25) is 0 Å². The molecule has 6 heteroatoms. The highest BCUT2D eigenvalue weighted by Gasteiger charge is 2.27.